The molecule has 0 unspecified atom stereocenters. The van der Waals surface area contributed by atoms with Crippen LogP contribution >= 0.6 is 11.8 Å². The van der Waals surface area contributed by atoms with Crippen LogP contribution in [0.4, 0.5) is 0 Å². The number of hydrogen-bond donors (Lipinski definition) is 1. The molecule has 1 aliphatic rings. The number of hydrazone groups is 1. The minimum absolute atomic E-state index is 0.165. The molecule has 1 heterocycles. The lowest BCUT2D eigenvalue weighted by molar-refractivity contribution is -0.149. The molecule has 0 saturated carbocycles. The van der Waals surface area contributed by atoms with Gasteiger partial charge in [0.1, 0.15) is 9.91 Å². The molecule has 0 aromatic heterocycles. The van der Waals surface area contributed by atoms with Gasteiger partial charge in [-0.1, -0.05) is 49.0 Å². The van der Waals surface area contributed by atoms with E-state index in [1.807, 2.05) is 51.1 Å². The molecule has 4 nitrogen and oxygen atoms in total. The SMILES string of the molecule is CCOC(=O)[C@H](CC)[C@@]1(C)NN=C(c2ccccc2)S1. The first-order valence-electron chi connectivity index (χ1n) is 6.86. The topological polar surface area (TPSA) is 50.7 Å². The normalized spacial score (nSPS) is 22.9. The molecule has 0 aliphatic carbocycles. The Balaban J connectivity index is 2.13. The van der Waals surface area contributed by atoms with E-state index in [0.717, 1.165) is 10.6 Å². The first-order valence-corrected chi connectivity index (χ1v) is 7.68. The third-order valence-electron chi connectivity index (χ3n) is 3.35. The van der Waals surface area contributed by atoms with Crippen LogP contribution in [0.2, 0.25) is 0 Å². The van der Waals surface area contributed by atoms with E-state index < -0.39 is 4.87 Å². The Hall–Kier alpha value is -1.49. The molecule has 108 valence electrons. The van der Waals surface area contributed by atoms with Crippen molar-refractivity contribution < 1.29 is 9.53 Å². The molecule has 0 fully saturated rings. The summed E-state index contributed by atoms with van der Waals surface area (Å²) >= 11 is 1.59. The van der Waals surface area contributed by atoms with Crippen molar-refractivity contribution in [3.63, 3.8) is 0 Å². The van der Waals surface area contributed by atoms with Crippen LogP contribution in [0.3, 0.4) is 0 Å². The Kier molecular flexibility index (Phi) is 4.70. The largest absolute Gasteiger partial charge is 0.466 e. The van der Waals surface area contributed by atoms with Gasteiger partial charge in [0.05, 0.1) is 12.5 Å². The van der Waals surface area contributed by atoms with Gasteiger partial charge >= 0.3 is 5.97 Å². The zero-order valence-corrected chi connectivity index (χ0v) is 12.9. The maximum Gasteiger partial charge on any atom is 0.312 e. The summed E-state index contributed by atoms with van der Waals surface area (Å²) in [5, 5.41) is 5.31. The van der Waals surface area contributed by atoms with E-state index in [9.17, 15) is 4.79 Å². The van der Waals surface area contributed by atoms with Gasteiger partial charge in [-0.05, 0) is 20.3 Å². The van der Waals surface area contributed by atoms with Crippen molar-refractivity contribution in [3.05, 3.63) is 35.9 Å². The van der Waals surface area contributed by atoms with Gasteiger partial charge in [0.15, 0.2) is 0 Å². The Labute approximate surface area is 124 Å². The molecule has 5 heteroatoms. The van der Waals surface area contributed by atoms with Crippen molar-refractivity contribution in [1.82, 2.24) is 5.43 Å². The van der Waals surface area contributed by atoms with Crippen LogP contribution in [0.5, 0.6) is 0 Å². The number of thioether (sulfide) groups is 1. The number of benzene rings is 1. The van der Waals surface area contributed by atoms with Crippen molar-refractivity contribution in [3.8, 4) is 0 Å². The summed E-state index contributed by atoms with van der Waals surface area (Å²) < 4.78 is 5.17. The molecule has 2 atom stereocenters. The zero-order valence-electron chi connectivity index (χ0n) is 12.1. The monoisotopic (exact) mass is 292 g/mol. The standard InChI is InChI=1S/C15H20N2O2S/c1-4-12(14(18)19-5-2)15(3)17-16-13(20-15)11-9-7-6-8-10-11/h6-10,12,17H,4-5H2,1-3H3/t12-,15-/m0/s1. The maximum absolute atomic E-state index is 12.1. The van der Waals surface area contributed by atoms with Crippen molar-refractivity contribution in [1.29, 1.82) is 0 Å². The average molecular weight is 292 g/mol. The van der Waals surface area contributed by atoms with E-state index in [-0.39, 0.29) is 11.9 Å². The Morgan fingerprint density at radius 1 is 1.40 bits per heavy atom. The smallest absolute Gasteiger partial charge is 0.312 e. The van der Waals surface area contributed by atoms with Gasteiger partial charge in [-0.2, -0.15) is 5.10 Å². The molecule has 0 radical (unpaired) electrons. The molecule has 1 N–H and O–H groups in total. The summed E-state index contributed by atoms with van der Waals surface area (Å²) in [7, 11) is 0. The molecule has 0 saturated heterocycles. The molecular formula is C15H20N2O2S. The number of esters is 1. The fraction of sp³-hybridized carbons (Fsp3) is 0.467. The van der Waals surface area contributed by atoms with Crippen molar-refractivity contribution in [2.75, 3.05) is 6.61 Å². The summed E-state index contributed by atoms with van der Waals surface area (Å²) in [4.78, 5) is 11.6. The third-order valence-corrected chi connectivity index (χ3v) is 4.67. The molecule has 1 aliphatic heterocycles. The predicted octanol–water partition coefficient (Wildman–Crippen LogP) is 2.99. The molecule has 0 amide bonds. The fourth-order valence-electron chi connectivity index (χ4n) is 2.29. The summed E-state index contributed by atoms with van der Waals surface area (Å²) in [6, 6.07) is 9.98. The van der Waals surface area contributed by atoms with Crippen LogP contribution in [0.1, 0.15) is 32.8 Å². The third kappa shape index (κ3) is 2.98. The van der Waals surface area contributed by atoms with Crippen LogP contribution in [-0.2, 0) is 9.53 Å². The van der Waals surface area contributed by atoms with Gasteiger partial charge in [-0.15, -0.1) is 0 Å². The second-order valence-electron chi connectivity index (χ2n) is 4.82. The second kappa shape index (κ2) is 6.31. The minimum atomic E-state index is -0.452. The maximum atomic E-state index is 12.1. The first kappa shape index (κ1) is 14.9. The van der Waals surface area contributed by atoms with Crippen molar-refractivity contribution in [2.24, 2.45) is 11.0 Å². The summed E-state index contributed by atoms with van der Waals surface area (Å²) in [6.07, 6.45) is 0.715. The fourth-order valence-corrected chi connectivity index (χ4v) is 3.53. The summed E-state index contributed by atoms with van der Waals surface area (Å²) in [6.45, 7) is 6.23. The number of rotatable bonds is 5. The van der Waals surface area contributed by atoms with Crippen molar-refractivity contribution >= 4 is 22.8 Å². The lowest BCUT2D eigenvalue weighted by Gasteiger charge is -2.30. The van der Waals surface area contributed by atoms with E-state index in [2.05, 4.69) is 10.5 Å². The van der Waals surface area contributed by atoms with Gasteiger partial charge < -0.3 is 4.74 Å². The average Bonchev–Trinajstić information content (AvgIpc) is 2.84. The van der Waals surface area contributed by atoms with Crippen molar-refractivity contribution in [2.45, 2.75) is 32.1 Å². The predicted molar refractivity (Wildman–Crippen MR) is 82.5 cm³/mol. The summed E-state index contributed by atoms with van der Waals surface area (Å²) in [5.74, 6) is -0.389. The highest BCUT2D eigenvalue weighted by molar-refractivity contribution is 8.15. The molecule has 20 heavy (non-hydrogen) atoms. The first-order chi connectivity index (χ1) is 9.60. The number of nitrogens with zero attached hydrogens (tertiary/aromatic N) is 1. The molecular weight excluding hydrogens is 272 g/mol. The van der Waals surface area contributed by atoms with Gasteiger partial charge in [0.2, 0.25) is 0 Å². The number of ether oxygens (including phenoxy) is 1. The van der Waals surface area contributed by atoms with Gasteiger partial charge in [-0.3, -0.25) is 10.2 Å². The Morgan fingerprint density at radius 3 is 2.70 bits per heavy atom. The number of nitrogens with one attached hydrogen (secondary N) is 1. The quantitative estimate of drug-likeness (QED) is 0.848. The lowest BCUT2D eigenvalue weighted by atomic mass is 9.98. The van der Waals surface area contributed by atoms with E-state index >= 15 is 0 Å². The molecule has 1 aromatic rings. The summed E-state index contributed by atoms with van der Waals surface area (Å²) in [5.41, 5.74) is 4.18. The molecule has 0 bridgehead atoms. The highest BCUT2D eigenvalue weighted by Crippen LogP contribution is 2.39. The van der Waals surface area contributed by atoms with E-state index in [4.69, 9.17) is 4.74 Å². The zero-order chi connectivity index (χ0) is 14.6. The molecule has 2 rings (SSSR count). The van der Waals surface area contributed by atoms with Crippen LogP contribution in [-0.4, -0.2) is 22.5 Å². The number of hydrogen-bond acceptors (Lipinski definition) is 5. The van der Waals surface area contributed by atoms with Gasteiger partial charge in [0.25, 0.3) is 0 Å². The second-order valence-corrected chi connectivity index (χ2v) is 6.26. The Bertz CT molecular complexity index is 504. The van der Waals surface area contributed by atoms with Crippen LogP contribution in [0.15, 0.2) is 35.4 Å². The molecule has 0 spiro atoms. The number of carbonyl (C=O) groups is 1. The van der Waals surface area contributed by atoms with E-state index in [0.29, 0.717) is 13.0 Å². The Morgan fingerprint density at radius 2 is 2.10 bits per heavy atom. The molecule has 1 aromatic carbocycles. The highest BCUT2D eigenvalue weighted by Gasteiger charge is 2.44. The van der Waals surface area contributed by atoms with Gasteiger partial charge in [0, 0.05) is 5.56 Å². The minimum Gasteiger partial charge on any atom is -0.466 e. The van der Waals surface area contributed by atoms with E-state index in [1.165, 1.54) is 0 Å². The lowest BCUT2D eigenvalue weighted by Crippen LogP contribution is -2.44. The van der Waals surface area contributed by atoms with E-state index in [1.54, 1.807) is 11.8 Å². The van der Waals surface area contributed by atoms with Crippen LogP contribution < -0.4 is 5.43 Å². The number of carbonyl (C=O) groups excluding carboxylic acids is 1. The van der Waals surface area contributed by atoms with Gasteiger partial charge in [-0.25, -0.2) is 0 Å². The highest BCUT2D eigenvalue weighted by atomic mass is 32.2. The van der Waals surface area contributed by atoms with Crippen LogP contribution in [0, 0.1) is 5.92 Å². The van der Waals surface area contributed by atoms with Crippen LogP contribution in [0.25, 0.3) is 0 Å².